The van der Waals surface area contributed by atoms with Crippen molar-refractivity contribution in [1.29, 1.82) is 0 Å². The minimum Gasteiger partial charge on any atom is -0.482 e. The molecule has 25 heavy (non-hydrogen) atoms. The fraction of sp³-hybridized carbons (Fsp3) is 0.467. The number of rotatable bonds is 7. The van der Waals surface area contributed by atoms with Crippen molar-refractivity contribution in [1.82, 2.24) is 5.32 Å². The van der Waals surface area contributed by atoms with Crippen molar-refractivity contribution < 1.29 is 27.5 Å². The van der Waals surface area contributed by atoms with Crippen molar-refractivity contribution in [3.8, 4) is 5.75 Å². The van der Waals surface area contributed by atoms with Crippen molar-refractivity contribution in [3.63, 3.8) is 0 Å². The minimum atomic E-state index is -4.54. The summed E-state index contributed by atoms with van der Waals surface area (Å²) in [5.74, 6) is -1.50. The van der Waals surface area contributed by atoms with Gasteiger partial charge in [0.25, 0.3) is 0 Å². The predicted octanol–water partition coefficient (Wildman–Crippen LogP) is 2.32. The zero-order chi connectivity index (χ0) is 19.2. The SMILES string of the molecule is CC(C)[C@H](N)C(=O)NCC(=O)Nc1ccc(Cl)cc1OCC(F)(F)F. The smallest absolute Gasteiger partial charge is 0.422 e. The van der Waals surface area contributed by atoms with E-state index < -0.39 is 30.6 Å². The first-order valence-corrected chi connectivity index (χ1v) is 7.69. The van der Waals surface area contributed by atoms with E-state index >= 15 is 0 Å². The maximum atomic E-state index is 12.3. The van der Waals surface area contributed by atoms with E-state index in [9.17, 15) is 22.8 Å². The lowest BCUT2D eigenvalue weighted by Gasteiger charge is -2.16. The maximum absolute atomic E-state index is 12.3. The van der Waals surface area contributed by atoms with Crippen molar-refractivity contribution in [2.24, 2.45) is 11.7 Å². The number of halogens is 4. The molecule has 0 aliphatic rings. The second-order valence-corrected chi connectivity index (χ2v) is 6.02. The van der Waals surface area contributed by atoms with Gasteiger partial charge in [-0.25, -0.2) is 0 Å². The molecule has 0 aliphatic carbocycles. The summed E-state index contributed by atoms with van der Waals surface area (Å²) in [4.78, 5) is 23.6. The highest BCUT2D eigenvalue weighted by Gasteiger charge is 2.29. The van der Waals surface area contributed by atoms with Crippen molar-refractivity contribution >= 4 is 29.1 Å². The second-order valence-electron chi connectivity index (χ2n) is 5.58. The highest BCUT2D eigenvalue weighted by atomic mass is 35.5. The van der Waals surface area contributed by atoms with Gasteiger partial charge in [-0.1, -0.05) is 25.4 Å². The summed E-state index contributed by atoms with van der Waals surface area (Å²) >= 11 is 5.73. The molecule has 140 valence electrons. The molecular weight excluding hydrogens is 363 g/mol. The molecule has 0 aliphatic heterocycles. The van der Waals surface area contributed by atoms with Crippen LogP contribution in [0.25, 0.3) is 0 Å². The Morgan fingerprint density at radius 1 is 1.32 bits per heavy atom. The fourth-order valence-electron chi connectivity index (χ4n) is 1.66. The van der Waals surface area contributed by atoms with Crippen molar-refractivity contribution in [2.45, 2.75) is 26.1 Å². The quantitative estimate of drug-likeness (QED) is 0.675. The van der Waals surface area contributed by atoms with E-state index in [0.717, 1.165) is 6.07 Å². The largest absolute Gasteiger partial charge is 0.482 e. The molecule has 0 aromatic heterocycles. The van der Waals surface area contributed by atoms with E-state index in [-0.39, 0.29) is 28.9 Å². The summed E-state index contributed by atoms with van der Waals surface area (Å²) in [6.45, 7) is 1.58. The van der Waals surface area contributed by atoms with E-state index in [1.807, 2.05) is 0 Å². The van der Waals surface area contributed by atoms with Crippen LogP contribution in [0, 0.1) is 5.92 Å². The molecule has 1 aromatic rings. The lowest BCUT2D eigenvalue weighted by molar-refractivity contribution is -0.153. The Labute approximate surface area is 147 Å². The molecule has 0 spiro atoms. The molecule has 10 heteroatoms. The summed E-state index contributed by atoms with van der Waals surface area (Å²) < 4.78 is 41.5. The van der Waals surface area contributed by atoms with Gasteiger partial charge in [0.1, 0.15) is 5.75 Å². The standard InChI is InChI=1S/C15H19ClF3N3O3/c1-8(2)13(20)14(24)21-6-12(23)22-10-4-3-9(16)5-11(10)25-7-15(17,18)19/h3-5,8,13H,6-7,20H2,1-2H3,(H,21,24)(H,22,23)/t13-/m0/s1. The lowest BCUT2D eigenvalue weighted by Crippen LogP contribution is -2.46. The number of nitrogens with one attached hydrogen (secondary N) is 2. The number of hydrogen-bond donors (Lipinski definition) is 3. The molecule has 0 radical (unpaired) electrons. The monoisotopic (exact) mass is 381 g/mol. The van der Waals surface area contributed by atoms with Gasteiger partial charge >= 0.3 is 6.18 Å². The van der Waals surface area contributed by atoms with Crippen LogP contribution in [0.5, 0.6) is 5.75 Å². The molecule has 6 nitrogen and oxygen atoms in total. The number of amides is 2. The number of nitrogens with two attached hydrogens (primary N) is 1. The van der Waals surface area contributed by atoms with Gasteiger partial charge in [0, 0.05) is 11.1 Å². The number of carbonyl (C=O) groups excluding carboxylic acids is 2. The molecule has 1 rings (SSSR count). The van der Waals surface area contributed by atoms with Gasteiger partial charge < -0.3 is 21.1 Å². The Balaban J connectivity index is 2.69. The third-order valence-electron chi connectivity index (χ3n) is 3.05. The molecule has 1 aromatic carbocycles. The topological polar surface area (TPSA) is 93.5 Å². The van der Waals surface area contributed by atoms with Crippen LogP contribution in [-0.4, -0.2) is 37.2 Å². The number of benzene rings is 1. The number of carbonyl (C=O) groups is 2. The molecule has 2 amide bonds. The summed E-state index contributed by atoms with van der Waals surface area (Å²) in [6, 6.07) is 3.06. The lowest BCUT2D eigenvalue weighted by atomic mass is 10.1. The van der Waals surface area contributed by atoms with E-state index in [0.29, 0.717) is 0 Å². The van der Waals surface area contributed by atoms with Crippen LogP contribution in [0.3, 0.4) is 0 Å². The average molecular weight is 382 g/mol. The maximum Gasteiger partial charge on any atom is 0.422 e. The molecule has 0 heterocycles. The zero-order valence-corrected chi connectivity index (χ0v) is 14.4. The van der Waals surface area contributed by atoms with E-state index in [4.69, 9.17) is 17.3 Å². The third-order valence-corrected chi connectivity index (χ3v) is 3.29. The normalized spacial score (nSPS) is 12.6. The van der Waals surface area contributed by atoms with Crippen molar-refractivity contribution in [2.75, 3.05) is 18.5 Å². The number of alkyl halides is 3. The van der Waals surface area contributed by atoms with Gasteiger partial charge in [-0.15, -0.1) is 0 Å². The average Bonchev–Trinajstić information content (AvgIpc) is 2.51. The fourth-order valence-corrected chi connectivity index (χ4v) is 1.82. The first-order valence-electron chi connectivity index (χ1n) is 7.32. The summed E-state index contributed by atoms with van der Waals surface area (Å²) in [5.41, 5.74) is 5.64. The first kappa shape index (κ1) is 21.0. The molecular formula is C15H19ClF3N3O3. The molecule has 1 atom stereocenters. The van der Waals surface area contributed by atoms with Crippen LogP contribution in [0.15, 0.2) is 18.2 Å². The molecule has 0 unspecified atom stereocenters. The number of anilines is 1. The predicted molar refractivity (Wildman–Crippen MR) is 87.5 cm³/mol. The van der Waals surface area contributed by atoms with Gasteiger partial charge in [-0.2, -0.15) is 13.2 Å². The molecule has 0 saturated carbocycles. The third kappa shape index (κ3) is 7.61. The number of ether oxygens (including phenoxy) is 1. The highest BCUT2D eigenvalue weighted by molar-refractivity contribution is 6.30. The Morgan fingerprint density at radius 3 is 2.52 bits per heavy atom. The van der Waals surface area contributed by atoms with Crippen LogP contribution < -0.4 is 21.1 Å². The zero-order valence-electron chi connectivity index (χ0n) is 13.6. The van der Waals surface area contributed by atoms with Crippen LogP contribution >= 0.6 is 11.6 Å². The number of hydrogen-bond acceptors (Lipinski definition) is 4. The Kier molecular flexibility index (Phi) is 7.50. The summed E-state index contributed by atoms with van der Waals surface area (Å²) in [7, 11) is 0. The van der Waals surface area contributed by atoms with Crippen molar-refractivity contribution in [3.05, 3.63) is 23.2 Å². The Hall–Kier alpha value is -2.00. The molecule has 0 saturated heterocycles. The van der Waals surface area contributed by atoms with Crippen LogP contribution in [0.4, 0.5) is 18.9 Å². The molecule has 0 fully saturated rings. The Bertz CT molecular complexity index is 624. The van der Waals surface area contributed by atoms with Gasteiger partial charge in [0.15, 0.2) is 6.61 Å². The first-order chi connectivity index (χ1) is 11.5. The minimum absolute atomic E-state index is 0.000979. The van der Waals surface area contributed by atoms with Gasteiger partial charge in [-0.3, -0.25) is 9.59 Å². The molecule has 4 N–H and O–H groups in total. The highest BCUT2D eigenvalue weighted by Crippen LogP contribution is 2.29. The summed E-state index contributed by atoms with van der Waals surface area (Å²) in [6.07, 6.45) is -4.54. The molecule has 0 bridgehead atoms. The van der Waals surface area contributed by atoms with Gasteiger partial charge in [0.2, 0.25) is 11.8 Å². The van der Waals surface area contributed by atoms with Gasteiger partial charge in [0.05, 0.1) is 18.3 Å². The van der Waals surface area contributed by atoms with E-state index in [2.05, 4.69) is 15.4 Å². The Morgan fingerprint density at radius 2 is 1.96 bits per heavy atom. The van der Waals surface area contributed by atoms with E-state index in [1.54, 1.807) is 13.8 Å². The van der Waals surface area contributed by atoms with E-state index in [1.165, 1.54) is 12.1 Å². The van der Waals surface area contributed by atoms with Crippen LogP contribution in [-0.2, 0) is 9.59 Å². The van der Waals surface area contributed by atoms with Gasteiger partial charge in [-0.05, 0) is 18.1 Å². The van der Waals surface area contributed by atoms with Crippen LogP contribution in [0.2, 0.25) is 5.02 Å². The van der Waals surface area contributed by atoms with Crippen LogP contribution in [0.1, 0.15) is 13.8 Å². The summed E-state index contributed by atoms with van der Waals surface area (Å²) in [5, 5.41) is 4.84. The second kappa shape index (κ2) is 8.91.